The summed E-state index contributed by atoms with van der Waals surface area (Å²) in [6, 6.07) is 9.81. The zero-order valence-electron chi connectivity index (χ0n) is 11.2. The van der Waals surface area contributed by atoms with E-state index in [9.17, 15) is 4.79 Å². The highest BCUT2D eigenvalue weighted by Crippen LogP contribution is 2.23. The van der Waals surface area contributed by atoms with Crippen LogP contribution in [0.4, 0.5) is 5.69 Å². The van der Waals surface area contributed by atoms with Crippen LogP contribution in [0.25, 0.3) is 0 Å². The number of aryl methyl sites for hydroxylation is 1. The van der Waals surface area contributed by atoms with Crippen molar-refractivity contribution in [3.63, 3.8) is 0 Å². The van der Waals surface area contributed by atoms with Gasteiger partial charge in [-0.05, 0) is 36.8 Å². The number of halogens is 2. The highest BCUT2D eigenvalue weighted by Gasteiger charge is 2.11. The third-order valence-corrected chi connectivity index (χ3v) is 3.32. The van der Waals surface area contributed by atoms with Gasteiger partial charge in [-0.25, -0.2) is 4.98 Å². The van der Waals surface area contributed by atoms with Gasteiger partial charge in [0, 0.05) is 11.3 Å². The van der Waals surface area contributed by atoms with E-state index in [1.807, 2.05) is 13.0 Å². The van der Waals surface area contributed by atoms with E-state index in [1.165, 1.54) is 12.1 Å². The third kappa shape index (κ3) is 3.72. The van der Waals surface area contributed by atoms with Gasteiger partial charge in [-0.15, -0.1) is 0 Å². The lowest BCUT2D eigenvalue weighted by molar-refractivity contribution is 0.102. The molecule has 0 spiro atoms. The molecule has 0 aliphatic carbocycles. The van der Waals surface area contributed by atoms with E-state index < -0.39 is 0 Å². The number of carbonyl (C=O) groups excluding carboxylic acids is 1. The van der Waals surface area contributed by atoms with Gasteiger partial charge in [0.15, 0.2) is 0 Å². The van der Waals surface area contributed by atoms with Gasteiger partial charge in [0.25, 0.3) is 5.91 Å². The number of anilines is 1. The molecule has 2 rings (SSSR count). The zero-order valence-corrected chi connectivity index (χ0v) is 12.7. The Morgan fingerprint density at radius 3 is 2.71 bits per heavy atom. The third-order valence-electron chi connectivity index (χ3n) is 2.82. The first-order valence-electron chi connectivity index (χ1n) is 6.21. The Balaban J connectivity index is 2.26. The maximum absolute atomic E-state index is 12.2. The molecule has 0 atom stereocenters. The molecule has 0 radical (unpaired) electrons. The van der Waals surface area contributed by atoms with Crippen molar-refractivity contribution in [1.82, 2.24) is 4.98 Å². The monoisotopic (exact) mass is 319 g/mol. The van der Waals surface area contributed by atoms with E-state index in [2.05, 4.69) is 10.3 Å². The maximum Gasteiger partial charge on any atom is 0.255 e. The second-order valence-corrected chi connectivity index (χ2v) is 5.08. The molecule has 106 valence electrons. The summed E-state index contributed by atoms with van der Waals surface area (Å²) in [6.45, 7) is 1.93. The summed E-state index contributed by atoms with van der Waals surface area (Å²) >= 11 is 11.9. The fourth-order valence-corrected chi connectivity index (χ4v) is 2.20. The average Bonchev–Trinajstić information content (AvgIpc) is 2.48. The number of hydrogen-bond acceptors (Lipinski definition) is 3. The Morgan fingerprint density at radius 2 is 2.10 bits per heavy atom. The summed E-state index contributed by atoms with van der Waals surface area (Å²) < 4.78 is 0. The Kier molecular flexibility index (Phi) is 4.79. The molecule has 0 saturated carbocycles. The second kappa shape index (κ2) is 6.57. The molecule has 4 nitrogen and oxygen atoms in total. The van der Waals surface area contributed by atoms with Crippen LogP contribution in [0.2, 0.25) is 10.2 Å². The summed E-state index contributed by atoms with van der Waals surface area (Å²) in [4.78, 5) is 16.3. The summed E-state index contributed by atoms with van der Waals surface area (Å²) in [5, 5.41) is 12.0. The molecule has 0 unspecified atom stereocenters. The molecule has 1 aromatic carbocycles. The highest BCUT2D eigenvalue weighted by atomic mass is 35.5. The number of nitrogens with one attached hydrogen (secondary N) is 1. The number of pyridine rings is 1. The first-order chi connectivity index (χ1) is 10.0. The maximum atomic E-state index is 12.2. The van der Waals surface area contributed by atoms with Gasteiger partial charge in [-0.2, -0.15) is 5.26 Å². The highest BCUT2D eigenvalue weighted by molar-refractivity contribution is 6.34. The lowest BCUT2D eigenvalue weighted by Gasteiger charge is -2.08. The van der Waals surface area contributed by atoms with E-state index in [1.54, 1.807) is 18.2 Å². The van der Waals surface area contributed by atoms with Gasteiger partial charge < -0.3 is 5.32 Å². The molecule has 1 heterocycles. The molecular formula is C15H11Cl2N3O. The van der Waals surface area contributed by atoms with Crippen LogP contribution in [-0.4, -0.2) is 10.9 Å². The number of hydrogen-bond donors (Lipinski definition) is 1. The summed E-state index contributed by atoms with van der Waals surface area (Å²) in [7, 11) is 0. The van der Waals surface area contributed by atoms with Crippen LogP contribution in [-0.2, 0) is 6.42 Å². The molecule has 0 fully saturated rings. The number of benzene rings is 1. The van der Waals surface area contributed by atoms with E-state index in [4.69, 9.17) is 28.5 Å². The minimum atomic E-state index is -0.333. The van der Waals surface area contributed by atoms with Crippen LogP contribution >= 0.6 is 23.2 Å². The first kappa shape index (κ1) is 15.3. The average molecular weight is 320 g/mol. The van der Waals surface area contributed by atoms with E-state index in [-0.39, 0.29) is 11.1 Å². The summed E-state index contributed by atoms with van der Waals surface area (Å²) in [5.74, 6) is -0.333. The molecular weight excluding hydrogens is 309 g/mol. The van der Waals surface area contributed by atoms with Gasteiger partial charge >= 0.3 is 0 Å². The fraction of sp³-hybridized carbons (Fsp3) is 0.133. The van der Waals surface area contributed by atoms with Gasteiger partial charge in [0.1, 0.15) is 5.15 Å². The Morgan fingerprint density at radius 1 is 1.33 bits per heavy atom. The number of amides is 1. The van der Waals surface area contributed by atoms with E-state index >= 15 is 0 Å². The largest absolute Gasteiger partial charge is 0.321 e. The lowest BCUT2D eigenvalue weighted by Crippen LogP contribution is -2.13. The Hall–Kier alpha value is -2.09. The van der Waals surface area contributed by atoms with Crippen molar-refractivity contribution in [3.8, 4) is 6.07 Å². The van der Waals surface area contributed by atoms with Crippen molar-refractivity contribution in [2.24, 2.45) is 0 Å². The predicted molar refractivity (Wildman–Crippen MR) is 82.7 cm³/mol. The van der Waals surface area contributed by atoms with Gasteiger partial charge in [-0.3, -0.25) is 4.79 Å². The van der Waals surface area contributed by atoms with Crippen molar-refractivity contribution in [2.45, 2.75) is 13.3 Å². The molecule has 2 aromatic rings. The van der Waals surface area contributed by atoms with Gasteiger partial charge in [0.05, 0.1) is 22.3 Å². The molecule has 0 saturated heterocycles. The summed E-state index contributed by atoms with van der Waals surface area (Å²) in [6.07, 6.45) is 0.679. The molecule has 0 aliphatic rings. The van der Waals surface area contributed by atoms with Crippen molar-refractivity contribution in [1.29, 1.82) is 5.26 Å². The smallest absolute Gasteiger partial charge is 0.255 e. The van der Waals surface area contributed by atoms with Crippen molar-refractivity contribution in [2.75, 3.05) is 5.32 Å². The zero-order chi connectivity index (χ0) is 15.4. The molecule has 1 amide bonds. The van der Waals surface area contributed by atoms with Crippen LogP contribution in [0, 0.1) is 11.3 Å². The predicted octanol–water partition coefficient (Wildman–Crippen LogP) is 4.07. The Bertz CT molecular complexity index is 738. The van der Waals surface area contributed by atoms with Crippen LogP contribution in [0.15, 0.2) is 30.3 Å². The van der Waals surface area contributed by atoms with E-state index in [0.717, 1.165) is 5.69 Å². The topological polar surface area (TPSA) is 65.8 Å². The quantitative estimate of drug-likeness (QED) is 0.867. The summed E-state index contributed by atoms with van der Waals surface area (Å²) in [5.41, 5.74) is 2.01. The lowest BCUT2D eigenvalue weighted by atomic mass is 10.1. The number of nitriles is 1. The van der Waals surface area contributed by atoms with Crippen molar-refractivity contribution >= 4 is 34.8 Å². The molecule has 0 bridgehead atoms. The van der Waals surface area contributed by atoms with Crippen molar-refractivity contribution in [3.05, 3.63) is 57.3 Å². The van der Waals surface area contributed by atoms with Crippen LogP contribution in [0.1, 0.15) is 28.5 Å². The fourth-order valence-electron chi connectivity index (χ4n) is 1.74. The minimum Gasteiger partial charge on any atom is -0.321 e. The van der Waals surface area contributed by atoms with Crippen LogP contribution < -0.4 is 5.32 Å². The minimum absolute atomic E-state index is 0.269. The number of nitrogens with zero attached hydrogens (tertiary/aromatic N) is 2. The number of aromatic nitrogens is 1. The second-order valence-electron chi connectivity index (χ2n) is 4.28. The number of rotatable bonds is 3. The molecule has 1 N–H and O–H groups in total. The normalized spacial score (nSPS) is 10.0. The number of carbonyl (C=O) groups is 1. The van der Waals surface area contributed by atoms with Crippen molar-refractivity contribution < 1.29 is 4.79 Å². The van der Waals surface area contributed by atoms with Crippen LogP contribution in [0.5, 0.6) is 0 Å². The molecule has 1 aromatic heterocycles. The first-order valence-corrected chi connectivity index (χ1v) is 6.96. The van der Waals surface area contributed by atoms with Gasteiger partial charge in [0.2, 0.25) is 0 Å². The Labute approximate surface area is 132 Å². The molecule has 21 heavy (non-hydrogen) atoms. The molecule has 6 heteroatoms. The van der Waals surface area contributed by atoms with Crippen LogP contribution in [0.3, 0.4) is 0 Å². The SMILES string of the molecule is CCc1cc(C(=O)Nc2ccc(C#N)cc2Cl)cc(Cl)n1. The molecule has 0 aliphatic heterocycles. The standard InChI is InChI=1S/C15H11Cl2N3O/c1-2-11-6-10(7-14(17)19-11)15(21)20-13-4-3-9(8-18)5-12(13)16/h3-7H,2H2,1H3,(H,20,21). The van der Waals surface area contributed by atoms with E-state index in [0.29, 0.717) is 28.3 Å². The van der Waals surface area contributed by atoms with Gasteiger partial charge in [-0.1, -0.05) is 30.1 Å².